The van der Waals surface area contributed by atoms with E-state index in [2.05, 4.69) is 20.7 Å². The highest BCUT2D eigenvalue weighted by atomic mass is 16.2. The Morgan fingerprint density at radius 1 is 1.36 bits per heavy atom. The van der Waals surface area contributed by atoms with Crippen LogP contribution in [0.15, 0.2) is 42.9 Å². The lowest BCUT2D eigenvalue weighted by atomic mass is 9.96. The zero-order chi connectivity index (χ0) is 17.1. The molecule has 1 saturated heterocycles. The van der Waals surface area contributed by atoms with Crippen LogP contribution in [-0.4, -0.2) is 38.2 Å². The zero-order valence-electron chi connectivity index (χ0n) is 14.1. The van der Waals surface area contributed by atoms with Gasteiger partial charge in [0.25, 0.3) is 0 Å². The van der Waals surface area contributed by atoms with Gasteiger partial charge in [-0.2, -0.15) is 5.10 Å². The van der Waals surface area contributed by atoms with E-state index in [1.165, 1.54) is 0 Å². The minimum atomic E-state index is -0.0502. The van der Waals surface area contributed by atoms with E-state index in [1.807, 2.05) is 45.7 Å². The Bertz CT molecular complexity index is 828. The fourth-order valence-corrected chi connectivity index (χ4v) is 3.38. The molecule has 1 fully saturated rings. The third-order valence-electron chi connectivity index (χ3n) is 4.64. The Hall–Kier alpha value is -2.67. The van der Waals surface area contributed by atoms with Crippen molar-refractivity contribution in [1.29, 1.82) is 0 Å². The summed E-state index contributed by atoms with van der Waals surface area (Å²) in [7, 11) is 0. The van der Waals surface area contributed by atoms with Gasteiger partial charge in [-0.1, -0.05) is 6.07 Å². The first-order valence-corrected chi connectivity index (χ1v) is 8.71. The largest absolute Gasteiger partial charge is 0.349 e. The van der Waals surface area contributed by atoms with Gasteiger partial charge < -0.3 is 15.0 Å². The van der Waals surface area contributed by atoms with Crippen molar-refractivity contribution in [3.8, 4) is 0 Å². The minimum absolute atomic E-state index is 0.0502. The lowest BCUT2D eigenvalue weighted by molar-refractivity contribution is -0.122. The molecule has 7 nitrogen and oxygen atoms in total. The molecule has 3 aromatic heterocycles. The lowest BCUT2D eigenvalue weighted by Gasteiger charge is -2.23. The highest BCUT2D eigenvalue weighted by Crippen LogP contribution is 2.22. The van der Waals surface area contributed by atoms with Gasteiger partial charge in [-0.3, -0.25) is 9.48 Å². The molecule has 0 saturated carbocycles. The van der Waals surface area contributed by atoms with Gasteiger partial charge in [0, 0.05) is 36.7 Å². The van der Waals surface area contributed by atoms with Gasteiger partial charge in [0.15, 0.2) is 0 Å². The Labute approximate surface area is 146 Å². The summed E-state index contributed by atoms with van der Waals surface area (Å²) in [5.41, 5.74) is 2.86. The van der Waals surface area contributed by atoms with Crippen LogP contribution in [0.5, 0.6) is 0 Å². The molecule has 4 rings (SSSR count). The molecular formula is C18H22N6O. The average molecular weight is 338 g/mol. The summed E-state index contributed by atoms with van der Waals surface area (Å²) in [6.07, 6.45) is 7.96. The molecular weight excluding hydrogens is 316 g/mol. The number of rotatable bonds is 5. The van der Waals surface area contributed by atoms with Crippen LogP contribution in [0.2, 0.25) is 0 Å². The normalized spacial score (nSPS) is 17.7. The van der Waals surface area contributed by atoms with Gasteiger partial charge in [0.05, 0.1) is 12.2 Å². The number of amides is 1. The summed E-state index contributed by atoms with van der Waals surface area (Å²) >= 11 is 0. The molecule has 130 valence electrons. The number of hydrogen-bond acceptors (Lipinski definition) is 4. The summed E-state index contributed by atoms with van der Waals surface area (Å²) in [6.45, 7) is 2.69. The molecule has 7 heteroatoms. The van der Waals surface area contributed by atoms with Crippen molar-refractivity contribution in [3.05, 3.63) is 54.2 Å². The van der Waals surface area contributed by atoms with Crippen LogP contribution in [0.1, 0.15) is 30.1 Å². The Kier molecular flexibility index (Phi) is 4.47. The molecule has 0 bridgehead atoms. The highest BCUT2D eigenvalue weighted by molar-refractivity contribution is 5.75. The number of piperidine rings is 1. The maximum atomic E-state index is 12.3. The molecule has 1 aliphatic rings. The molecule has 25 heavy (non-hydrogen) atoms. The maximum Gasteiger partial charge on any atom is 0.242 e. The second kappa shape index (κ2) is 7.06. The average Bonchev–Trinajstić information content (AvgIpc) is 3.27. The van der Waals surface area contributed by atoms with Crippen LogP contribution in [0.4, 0.5) is 0 Å². The molecule has 0 radical (unpaired) electrons. The lowest BCUT2D eigenvalue weighted by Crippen LogP contribution is -2.32. The molecule has 1 atom stereocenters. The first-order valence-electron chi connectivity index (χ1n) is 8.71. The SMILES string of the molecule is O=C(Cn1nccc1[C@H]1CCCNC1)NCc1cn2ccccc2n1. The van der Waals surface area contributed by atoms with Gasteiger partial charge in [-0.25, -0.2) is 4.98 Å². The van der Waals surface area contributed by atoms with Crippen molar-refractivity contribution < 1.29 is 4.79 Å². The second-order valence-electron chi connectivity index (χ2n) is 6.43. The van der Waals surface area contributed by atoms with Crippen molar-refractivity contribution >= 4 is 11.6 Å². The molecule has 1 amide bonds. The maximum absolute atomic E-state index is 12.3. The molecule has 0 unspecified atom stereocenters. The number of pyridine rings is 1. The van der Waals surface area contributed by atoms with E-state index in [4.69, 9.17) is 0 Å². The molecule has 3 aromatic rings. The third-order valence-corrected chi connectivity index (χ3v) is 4.64. The number of carbonyl (C=O) groups is 1. The van der Waals surface area contributed by atoms with Gasteiger partial charge in [0.2, 0.25) is 5.91 Å². The van der Waals surface area contributed by atoms with Gasteiger partial charge in [-0.05, 0) is 37.6 Å². The number of aromatic nitrogens is 4. The monoisotopic (exact) mass is 338 g/mol. The standard InChI is InChI=1S/C18H22N6O/c25-18(20-11-15-12-23-9-2-1-5-17(23)22-15)13-24-16(6-8-21-24)14-4-3-7-19-10-14/h1-2,5-6,8-9,12,14,19H,3-4,7,10-11,13H2,(H,20,25)/t14-/m0/s1. The van der Waals surface area contributed by atoms with E-state index >= 15 is 0 Å². The van der Waals surface area contributed by atoms with Crippen molar-refractivity contribution in [3.63, 3.8) is 0 Å². The number of hydrogen-bond donors (Lipinski definition) is 2. The van der Waals surface area contributed by atoms with Crippen molar-refractivity contribution in [2.24, 2.45) is 0 Å². The Morgan fingerprint density at radius 3 is 3.16 bits per heavy atom. The molecule has 0 aromatic carbocycles. The number of nitrogens with one attached hydrogen (secondary N) is 2. The van der Waals surface area contributed by atoms with Crippen molar-refractivity contribution in [2.75, 3.05) is 13.1 Å². The number of nitrogens with zero attached hydrogens (tertiary/aromatic N) is 4. The molecule has 2 N–H and O–H groups in total. The van der Waals surface area contributed by atoms with E-state index in [0.717, 1.165) is 43.0 Å². The summed E-state index contributed by atoms with van der Waals surface area (Å²) in [5.74, 6) is 0.383. The molecule has 0 spiro atoms. The van der Waals surface area contributed by atoms with Crippen LogP contribution in [0.3, 0.4) is 0 Å². The summed E-state index contributed by atoms with van der Waals surface area (Å²) in [4.78, 5) is 16.8. The topological polar surface area (TPSA) is 76.2 Å². The van der Waals surface area contributed by atoms with E-state index in [0.29, 0.717) is 12.5 Å². The van der Waals surface area contributed by atoms with E-state index in [9.17, 15) is 4.79 Å². The van der Waals surface area contributed by atoms with Gasteiger partial charge in [-0.15, -0.1) is 0 Å². The van der Waals surface area contributed by atoms with Crippen molar-refractivity contribution in [1.82, 2.24) is 29.8 Å². The predicted octanol–water partition coefficient (Wildman–Crippen LogP) is 1.31. The first-order chi connectivity index (χ1) is 12.3. The Balaban J connectivity index is 1.37. The van der Waals surface area contributed by atoms with Crippen LogP contribution in [0.25, 0.3) is 5.65 Å². The number of carbonyl (C=O) groups excluding carboxylic acids is 1. The quantitative estimate of drug-likeness (QED) is 0.735. The van der Waals surface area contributed by atoms with Crippen LogP contribution in [0, 0.1) is 0 Å². The summed E-state index contributed by atoms with van der Waals surface area (Å²) < 4.78 is 3.76. The summed E-state index contributed by atoms with van der Waals surface area (Å²) in [6, 6.07) is 7.87. The van der Waals surface area contributed by atoms with Crippen LogP contribution in [-0.2, 0) is 17.9 Å². The third kappa shape index (κ3) is 3.56. The van der Waals surface area contributed by atoms with E-state index in [-0.39, 0.29) is 12.5 Å². The fraction of sp³-hybridized carbons (Fsp3) is 0.389. The van der Waals surface area contributed by atoms with Crippen LogP contribution >= 0.6 is 0 Å². The molecule has 4 heterocycles. The molecule has 1 aliphatic heterocycles. The molecule has 0 aliphatic carbocycles. The predicted molar refractivity (Wildman–Crippen MR) is 94.1 cm³/mol. The van der Waals surface area contributed by atoms with Gasteiger partial charge in [0.1, 0.15) is 12.2 Å². The minimum Gasteiger partial charge on any atom is -0.349 e. The van der Waals surface area contributed by atoms with Gasteiger partial charge >= 0.3 is 0 Å². The zero-order valence-corrected chi connectivity index (χ0v) is 14.1. The number of imidazole rings is 1. The van der Waals surface area contributed by atoms with Crippen molar-refractivity contribution in [2.45, 2.75) is 31.8 Å². The van der Waals surface area contributed by atoms with E-state index < -0.39 is 0 Å². The fourth-order valence-electron chi connectivity index (χ4n) is 3.38. The van der Waals surface area contributed by atoms with E-state index in [1.54, 1.807) is 6.20 Å². The van der Waals surface area contributed by atoms with Crippen LogP contribution < -0.4 is 10.6 Å². The summed E-state index contributed by atoms with van der Waals surface area (Å²) in [5, 5.41) is 10.7. The second-order valence-corrected chi connectivity index (χ2v) is 6.43. The number of fused-ring (bicyclic) bond motifs is 1. The smallest absolute Gasteiger partial charge is 0.242 e. The first kappa shape index (κ1) is 15.8. The highest BCUT2D eigenvalue weighted by Gasteiger charge is 2.19. The Morgan fingerprint density at radius 2 is 2.32 bits per heavy atom.